The zero-order valence-electron chi connectivity index (χ0n) is 6.80. The van der Waals surface area contributed by atoms with Gasteiger partial charge in [0.25, 0.3) is 0 Å². The van der Waals surface area contributed by atoms with Gasteiger partial charge >= 0.3 is 0 Å². The van der Waals surface area contributed by atoms with Gasteiger partial charge in [-0.3, -0.25) is 0 Å². The van der Waals surface area contributed by atoms with Crippen LogP contribution in [-0.4, -0.2) is 18.1 Å². The third-order valence-electron chi connectivity index (χ3n) is 1.69. The van der Waals surface area contributed by atoms with E-state index in [-0.39, 0.29) is 0 Å². The van der Waals surface area contributed by atoms with Crippen molar-refractivity contribution in [2.75, 3.05) is 13.2 Å². The fourth-order valence-corrected chi connectivity index (χ4v) is 0.958. The van der Waals surface area contributed by atoms with Crippen molar-refractivity contribution < 1.29 is 0 Å². The molecule has 58 valence electrons. The Morgan fingerprint density at radius 1 is 1.60 bits per heavy atom. The lowest BCUT2D eigenvalue weighted by molar-refractivity contribution is 0.358. The normalized spacial score (nSPS) is 16.5. The van der Waals surface area contributed by atoms with E-state index in [1.165, 1.54) is 13.0 Å². The van der Waals surface area contributed by atoms with Crippen molar-refractivity contribution in [2.24, 2.45) is 5.92 Å². The highest BCUT2D eigenvalue weighted by Crippen LogP contribution is 2.03. The van der Waals surface area contributed by atoms with E-state index in [4.69, 9.17) is 0 Å². The van der Waals surface area contributed by atoms with E-state index in [0.29, 0.717) is 0 Å². The second-order valence-corrected chi connectivity index (χ2v) is 3.17. The van der Waals surface area contributed by atoms with E-state index < -0.39 is 0 Å². The van der Waals surface area contributed by atoms with Crippen LogP contribution in [0, 0.1) is 5.92 Å². The summed E-state index contributed by atoms with van der Waals surface area (Å²) in [6, 6.07) is 0. The van der Waals surface area contributed by atoms with Crippen LogP contribution in [0.5, 0.6) is 0 Å². The smallest absolute Gasteiger partial charge is 0.0867 e. The molecule has 1 aliphatic rings. The zero-order valence-corrected chi connectivity index (χ0v) is 6.80. The summed E-state index contributed by atoms with van der Waals surface area (Å²) in [4.78, 5) is 2.29. The maximum atomic E-state index is 3.14. The van der Waals surface area contributed by atoms with Crippen LogP contribution >= 0.6 is 0 Å². The first-order valence-corrected chi connectivity index (χ1v) is 3.93. The van der Waals surface area contributed by atoms with Crippen LogP contribution < -0.4 is 5.32 Å². The Kier molecular flexibility index (Phi) is 2.60. The van der Waals surface area contributed by atoms with Gasteiger partial charge in [0, 0.05) is 18.9 Å². The quantitative estimate of drug-likeness (QED) is 0.637. The molecule has 0 spiro atoms. The van der Waals surface area contributed by atoms with Crippen molar-refractivity contribution in [1.82, 2.24) is 10.2 Å². The lowest BCUT2D eigenvalue weighted by atomic mass is 10.1. The summed E-state index contributed by atoms with van der Waals surface area (Å²) in [6.07, 6.45) is 5.40. The summed E-state index contributed by atoms with van der Waals surface area (Å²) in [6.45, 7) is 6.69. The summed E-state index contributed by atoms with van der Waals surface area (Å²) in [7, 11) is 0. The Bertz CT molecular complexity index is 118. The number of hydrogen-bond acceptors (Lipinski definition) is 2. The lowest BCUT2D eigenvalue weighted by Gasteiger charge is -2.15. The molecule has 0 unspecified atom stereocenters. The molecule has 1 rings (SSSR count). The molecule has 1 aliphatic heterocycles. The van der Waals surface area contributed by atoms with Gasteiger partial charge in [-0.15, -0.1) is 0 Å². The highest BCUT2D eigenvalue weighted by molar-refractivity contribution is 4.86. The Morgan fingerprint density at radius 3 is 2.90 bits per heavy atom. The summed E-state index contributed by atoms with van der Waals surface area (Å²) >= 11 is 0. The lowest BCUT2D eigenvalue weighted by Crippen LogP contribution is -2.22. The average molecular weight is 140 g/mol. The second-order valence-electron chi connectivity index (χ2n) is 3.17. The minimum Gasteiger partial charge on any atom is -0.373 e. The van der Waals surface area contributed by atoms with Gasteiger partial charge in [-0.2, -0.15) is 0 Å². The van der Waals surface area contributed by atoms with Crippen LogP contribution in [0.25, 0.3) is 0 Å². The highest BCUT2D eigenvalue weighted by Gasteiger charge is 2.02. The van der Waals surface area contributed by atoms with Gasteiger partial charge in [0.1, 0.15) is 0 Å². The fraction of sp³-hybridized carbons (Fsp3) is 0.750. The monoisotopic (exact) mass is 140 g/mol. The average Bonchev–Trinajstić information content (AvgIpc) is 2.34. The van der Waals surface area contributed by atoms with Gasteiger partial charge in [0.15, 0.2) is 0 Å². The van der Waals surface area contributed by atoms with Crippen molar-refractivity contribution in [3.8, 4) is 0 Å². The summed E-state index contributed by atoms with van der Waals surface area (Å²) < 4.78 is 0. The van der Waals surface area contributed by atoms with Crippen molar-refractivity contribution in [3.63, 3.8) is 0 Å². The fourth-order valence-electron chi connectivity index (χ4n) is 0.958. The molecule has 0 aliphatic carbocycles. The second kappa shape index (κ2) is 3.49. The van der Waals surface area contributed by atoms with Crippen LogP contribution in [0.4, 0.5) is 0 Å². The number of nitrogens with one attached hydrogen (secondary N) is 1. The van der Waals surface area contributed by atoms with E-state index in [1.807, 2.05) is 6.20 Å². The van der Waals surface area contributed by atoms with Crippen LogP contribution in [0.15, 0.2) is 12.4 Å². The summed E-state index contributed by atoms with van der Waals surface area (Å²) in [5.74, 6) is 0.814. The molecule has 0 fully saturated rings. The molecular weight excluding hydrogens is 124 g/mol. The largest absolute Gasteiger partial charge is 0.373 e. The summed E-state index contributed by atoms with van der Waals surface area (Å²) in [5, 5.41) is 3.14. The molecule has 0 saturated carbocycles. The molecule has 2 heteroatoms. The number of nitrogens with zero attached hydrogens (tertiary/aromatic N) is 1. The van der Waals surface area contributed by atoms with E-state index in [1.54, 1.807) is 0 Å². The van der Waals surface area contributed by atoms with Gasteiger partial charge in [-0.25, -0.2) is 0 Å². The molecule has 10 heavy (non-hydrogen) atoms. The molecule has 0 radical (unpaired) electrons. The number of rotatable bonds is 3. The Balaban J connectivity index is 2.08. The zero-order chi connectivity index (χ0) is 7.40. The molecule has 0 saturated heterocycles. The topological polar surface area (TPSA) is 15.3 Å². The van der Waals surface area contributed by atoms with Crippen LogP contribution in [-0.2, 0) is 0 Å². The molecule has 0 bridgehead atoms. The van der Waals surface area contributed by atoms with Crippen molar-refractivity contribution in [2.45, 2.75) is 20.3 Å². The molecule has 1 heterocycles. The van der Waals surface area contributed by atoms with E-state index in [2.05, 4.69) is 30.3 Å². The van der Waals surface area contributed by atoms with E-state index in [9.17, 15) is 0 Å². The predicted molar refractivity (Wildman–Crippen MR) is 43.3 cm³/mol. The van der Waals surface area contributed by atoms with Gasteiger partial charge in [0.05, 0.1) is 6.67 Å². The molecule has 0 aromatic carbocycles. The Morgan fingerprint density at radius 2 is 2.40 bits per heavy atom. The molecule has 0 aromatic rings. The molecule has 0 atom stereocenters. The molecule has 1 N–H and O–H groups in total. The minimum atomic E-state index is 0.814. The molecular formula is C8H16N2. The highest BCUT2D eigenvalue weighted by atomic mass is 15.2. The SMILES string of the molecule is CC(C)CCN1C=CNC1. The number of hydrogen-bond donors (Lipinski definition) is 1. The maximum Gasteiger partial charge on any atom is 0.0867 e. The van der Waals surface area contributed by atoms with Crippen LogP contribution in [0.2, 0.25) is 0 Å². The van der Waals surface area contributed by atoms with Gasteiger partial charge < -0.3 is 10.2 Å². The van der Waals surface area contributed by atoms with Gasteiger partial charge in [-0.05, 0) is 12.3 Å². The molecule has 0 aromatic heterocycles. The molecule has 2 nitrogen and oxygen atoms in total. The predicted octanol–water partition coefficient (Wildman–Crippen LogP) is 1.37. The first kappa shape index (κ1) is 7.45. The maximum absolute atomic E-state index is 3.14. The van der Waals surface area contributed by atoms with Crippen molar-refractivity contribution >= 4 is 0 Å². The third kappa shape index (κ3) is 2.29. The summed E-state index contributed by atoms with van der Waals surface area (Å²) in [5.41, 5.74) is 0. The van der Waals surface area contributed by atoms with Crippen molar-refractivity contribution in [3.05, 3.63) is 12.4 Å². The van der Waals surface area contributed by atoms with Gasteiger partial charge in [0.2, 0.25) is 0 Å². The standard InChI is InChI=1S/C8H16N2/c1-8(2)3-5-10-6-4-9-7-10/h4,6,8-9H,3,5,7H2,1-2H3. The Labute approximate surface area is 62.9 Å². The first-order valence-electron chi connectivity index (χ1n) is 3.93. The Hall–Kier alpha value is -0.660. The van der Waals surface area contributed by atoms with E-state index >= 15 is 0 Å². The van der Waals surface area contributed by atoms with Gasteiger partial charge in [-0.1, -0.05) is 13.8 Å². The molecule has 0 amide bonds. The van der Waals surface area contributed by atoms with Crippen LogP contribution in [0.3, 0.4) is 0 Å². The minimum absolute atomic E-state index is 0.814. The van der Waals surface area contributed by atoms with Crippen molar-refractivity contribution in [1.29, 1.82) is 0 Å². The third-order valence-corrected chi connectivity index (χ3v) is 1.69. The van der Waals surface area contributed by atoms with Crippen LogP contribution in [0.1, 0.15) is 20.3 Å². The first-order chi connectivity index (χ1) is 4.79. The van der Waals surface area contributed by atoms with E-state index in [0.717, 1.165) is 12.6 Å².